The number of carbonyl (C=O) groups excluding carboxylic acids is 1. The summed E-state index contributed by atoms with van der Waals surface area (Å²) in [6.07, 6.45) is 6.86. The number of hydrogen-bond donors (Lipinski definition) is 0. The van der Waals surface area contributed by atoms with E-state index in [4.69, 9.17) is 0 Å². The van der Waals surface area contributed by atoms with Crippen molar-refractivity contribution in [2.45, 2.75) is 38.6 Å². The van der Waals surface area contributed by atoms with Gasteiger partial charge in [-0.05, 0) is 30.9 Å². The maximum absolute atomic E-state index is 14.1. The van der Waals surface area contributed by atoms with Crippen LogP contribution in [-0.2, 0) is 11.3 Å². The molecule has 1 amide bonds. The zero-order valence-corrected chi connectivity index (χ0v) is 13.2. The standard InChI is InChI=1S/C17H19FN2OS/c1-2-10-20-16-13(18)8-5-9-14(16)22-17(20)19-15(21)11-12-6-3-4-7-12/h2,5,8-9,12H,1,3-4,6-7,10-11H2. The third-order valence-electron chi connectivity index (χ3n) is 4.12. The topological polar surface area (TPSA) is 34.4 Å². The van der Waals surface area contributed by atoms with E-state index < -0.39 is 0 Å². The van der Waals surface area contributed by atoms with Crippen molar-refractivity contribution in [1.29, 1.82) is 0 Å². The van der Waals surface area contributed by atoms with E-state index in [1.165, 1.54) is 30.2 Å². The maximum atomic E-state index is 14.1. The molecule has 0 radical (unpaired) electrons. The fraction of sp³-hybridized carbons (Fsp3) is 0.412. The number of rotatable bonds is 4. The zero-order valence-electron chi connectivity index (χ0n) is 12.4. The maximum Gasteiger partial charge on any atom is 0.248 e. The van der Waals surface area contributed by atoms with Crippen molar-refractivity contribution < 1.29 is 9.18 Å². The Kier molecular flexibility index (Phi) is 4.52. The summed E-state index contributed by atoms with van der Waals surface area (Å²) in [6, 6.07) is 4.96. The van der Waals surface area contributed by atoms with Gasteiger partial charge < -0.3 is 4.57 Å². The van der Waals surface area contributed by atoms with Gasteiger partial charge in [0.2, 0.25) is 5.91 Å². The van der Waals surface area contributed by atoms with Gasteiger partial charge in [0.05, 0.1) is 10.2 Å². The first-order valence-electron chi connectivity index (χ1n) is 7.65. The fourth-order valence-corrected chi connectivity index (χ4v) is 4.16. The molecule has 0 unspecified atom stereocenters. The van der Waals surface area contributed by atoms with E-state index in [9.17, 15) is 9.18 Å². The Hall–Kier alpha value is -1.75. The number of aromatic nitrogens is 1. The highest BCUT2D eigenvalue weighted by Crippen LogP contribution is 2.27. The van der Waals surface area contributed by atoms with Crippen molar-refractivity contribution >= 4 is 27.5 Å². The fourth-order valence-electron chi connectivity index (χ4n) is 3.08. The predicted octanol–water partition coefficient (Wildman–Crippen LogP) is 4.04. The van der Waals surface area contributed by atoms with Crippen LogP contribution in [-0.4, -0.2) is 10.5 Å². The first kappa shape index (κ1) is 15.2. The Balaban J connectivity index is 1.99. The third-order valence-corrected chi connectivity index (χ3v) is 5.17. The van der Waals surface area contributed by atoms with Crippen molar-refractivity contribution in [2.24, 2.45) is 10.9 Å². The molecule has 1 aliphatic rings. The second-order valence-electron chi connectivity index (χ2n) is 5.73. The third kappa shape index (κ3) is 3.04. The Bertz CT molecular complexity index is 769. The summed E-state index contributed by atoms with van der Waals surface area (Å²) in [5.41, 5.74) is 0.500. The molecule has 0 N–H and O–H groups in total. The van der Waals surface area contributed by atoms with E-state index in [2.05, 4.69) is 11.6 Å². The van der Waals surface area contributed by atoms with E-state index in [-0.39, 0.29) is 11.7 Å². The van der Waals surface area contributed by atoms with Crippen LogP contribution in [0.15, 0.2) is 35.8 Å². The number of nitrogens with zero attached hydrogens (tertiary/aromatic N) is 2. The van der Waals surface area contributed by atoms with Gasteiger partial charge in [0.15, 0.2) is 4.80 Å². The number of halogens is 1. The summed E-state index contributed by atoms with van der Waals surface area (Å²) in [5, 5.41) is 0. The molecule has 3 nitrogen and oxygen atoms in total. The number of amides is 1. The number of fused-ring (bicyclic) bond motifs is 1. The molecular formula is C17H19FN2OS. The lowest BCUT2D eigenvalue weighted by molar-refractivity contribution is -0.118. The Morgan fingerprint density at radius 3 is 2.95 bits per heavy atom. The van der Waals surface area contributed by atoms with Crippen molar-refractivity contribution in [3.8, 4) is 0 Å². The van der Waals surface area contributed by atoms with Crippen molar-refractivity contribution in [3.63, 3.8) is 0 Å². The van der Waals surface area contributed by atoms with Crippen molar-refractivity contribution in [3.05, 3.63) is 41.5 Å². The van der Waals surface area contributed by atoms with Gasteiger partial charge in [-0.25, -0.2) is 4.39 Å². The SMILES string of the molecule is C=CCn1c(=NC(=O)CC2CCCC2)sc2cccc(F)c21. The van der Waals surface area contributed by atoms with E-state index in [1.807, 2.05) is 6.07 Å². The van der Waals surface area contributed by atoms with Crippen molar-refractivity contribution in [1.82, 2.24) is 4.57 Å². The van der Waals surface area contributed by atoms with Gasteiger partial charge in [-0.15, -0.1) is 6.58 Å². The van der Waals surface area contributed by atoms with Crippen LogP contribution in [0.25, 0.3) is 10.2 Å². The second kappa shape index (κ2) is 6.57. The van der Waals surface area contributed by atoms with E-state index in [0.717, 1.165) is 17.5 Å². The monoisotopic (exact) mass is 318 g/mol. The van der Waals surface area contributed by atoms with Crippen LogP contribution in [0.1, 0.15) is 32.1 Å². The summed E-state index contributed by atoms with van der Waals surface area (Å²) in [5.74, 6) is 0.0761. The zero-order chi connectivity index (χ0) is 15.5. The number of para-hydroxylation sites is 1. The first-order valence-corrected chi connectivity index (χ1v) is 8.47. The van der Waals surface area contributed by atoms with Crippen LogP contribution >= 0.6 is 11.3 Å². The molecule has 0 aliphatic heterocycles. The second-order valence-corrected chi connectivity index (χ2v) is 6.74. The van der Waals surface area contributed by atoms with Crippen LogP contribution in [0.5, 0.6) is 0 Å². The largest absolute Gasteiger partial charge is 0.310 e. The van der Waals surface area contributed by atoms with Gasteiger partial charge in [-0.1, -0.05) is 36.3 Å². The summed E-state index contributed by atoms with van der Waals surface area (Å²) >= 11 is 1.35. The Morgan fingerprint density at radius 1 is 1.45 bits per heavy atom. The molecule has 1 aliphatic carbocycles. The Morgan fingerprint density at radius 2 is 2.23 bits per heavy atom. The molecule has 2 aromatic rings. The summed E-state index contributed by atoms with van der Waals surface area (Å²) in [4.78, 5) is 17.0. The predicted molar refractivity (Wildman–Crippen MR) is 87.1 cm³/mol. The van der Waals surface area contributed by atoms with Crippen LogP contribution in [0.2, 0.25) is 0 Å². The molecule has 3 rings (SSSR count). The molecule has 1 aromatic heterocycles. The minimum absolute atomic E-state index is 0.100. The lowest BCUT2D eigenvalue weighted by Crippen LogP contribution is -2.17. The lowest BCUT2D eigenvalue weighted by atomic mass is 10.0. The molecular weight excluding hydrogens is 299 g/mol. The molecule has 5 heteroatoms. The first-order chi connectivity index (χ1) is 10.7. The number of benzene rings is 1. The molecule has 0 spiro atoms. The van der Waals surface area contributed by atoms with Gasteiger partial charge in [0.1, 0.15) is 5.82 Å². The van der Waals surface area contributed by atoms with Gasteiger partial charge in [0, 0.05) is 13.0 Å². The smallest absolute Gasteiger partial charge is 0.248 e. The van der Waals surface area contributed by atoms with Crippen LogP contribution in [0.4, 0.5) is 4.39 Å². The molecule has 1 heterocycles. The summed E-state index contributed by atoms with van der Waals surface area (Å²) in [6.45, 7) is 4.15. The molecule has 0 saturated heterocycles. The molecule has 0 bridgehead atoms. The van der Waals surface area contributed by atoms with Gasteiger partial charge >= 0.3 is 0 Å². The minimum atomic E-state index is -0.291. The number of thiazole rings is 1. The molecule has 1 saturated carbocycles. The normalized spacial score (nSPS) is 16.5. The summed E-state index contributed by atoms with van der Waals surface area (Å²) < 4.78 is 16.6. The van der Waals surface area contributed by atoms with Crippen molar-refractivity contribution in [2.75, 3.05) is 0 Å². The van der Waals surface area contributed by atoms with E-state index in [0.29, 0.717) is 29.2 Å². The average molecular weight is 318 g/mol. The molecule has 1 fully saturated rings. The lowest BCUT2D eigenvalue weighted by Gasteiger charge is -2.04. The number of hydrogen-bond acceptors (Lipinski definition) is 2. The van der Waals surface area contributed by atoms with Gasteiger partial charge in [-0.3, -0.25) is 4.79 Å². The highest BCUT2D eigenvalue weighted by Gasteiger charge is 2.18. The van der Waals surface area contributed by atoms with Crippen LogP contribution in [0.3, 0.4) is 0 Å². The molecule has 0 atom stereocenters. The number of carbonyl (C=O) groups is 1. The van der Waals surface area contributed by atoms with E-state index >= 15 is 0 Å². The van der Waals surface area contributed by atoms with Gasteiger partial charge in [0.25, 0.3) is 0 Å². The van der Waals surface area contributed by atoms with E-state index in [1.54, 1.807) is 16.7 Å². The average Bonchev–Trinajstić information content (AvgIpc) is 3.09. The number of allylic oxidation sites excluding steroid dienone is 1. The Labute approximate surface area is 132 Å². The minimum Gasteiger partial charge on any atom is -0.310 e. The van der Waals surface area contributed by atoms with Crippen LogP contribution in [0, 0.1) is 11.7 Å². The highest BCUT2D eigenvalue weighted by molar-refractivity contribution is 7.16. The quantitative estimate of drug-likeness (QED) is 0.784. The molecule has 22 heavy (non-hydrogen) atoms. The highest BCUT2D eigenvalue weighted by atomic mass is 32.1. The van der Waals surface area contributed by atoms with Gasteiger partial charge in [-0.2, -0.15) is 4.99 Å². The molecule has 1 aromatic carbocycles. The molecule has 116 valence electrons. The van der Waals surface area contributed by atoms with Crippen LogP contribution < -0.4 is 4.80 Å². The summed E-state index contributed by atoms with van der Waals surface area (Å²) in [7, 11) is 0.